The van der Waals surface area contributed by atoms with E-state index < -0.39 is 0 Å². The van der Waals surface area contributed by atoms with Gasteiger partial charge in [-0.3, -0.25) is 4.79 Å². The van der Waals surface area contributed by atoms with Gasteiger partial charge in [0.1, 0.15) is 6.54 Å². The van der Waals surface area contributed by atoms with Gasteiger partial charge in [0.05, 0.1) is 0 Å². The van der Waals surface area contributed by atoms with E-state index in [9.17, 15) is 9.59 Å². The Morgan fingerprint density at radius 3 is 2.65 bits per heavy atom. The van der Waals surface area contributed by atoms with Crippen molar-refractivity contribution in [2.45, 2.75) is 26.3 Å². The van der Waals surface area contributed by atoms with Crippen LogP contribution in [0.5, 0.6) is 0 Å². The van der Waals surface area contributed by atoms with Crippen molar-refractivity contribution in [3.63, 3.8) is 0 Å². The second-order valence-corrected chi connectivity index (χ2v) is 6.49. The highest BCUT2D eigenvalue weighted by Crippen LogP contribution is 2.20. The fourth-order valence-corrected chi connectivity index (χ4v) is 3.16. The van der Waals surface area contributed by atoms with Crippen molar-refractivity contribution in [2.24, 2.45) is 0 Å². The molecule has 3 aromatic rings. The summed E-state index contributed by atoms with van der Waals surface area (Å²) in [6, 6.07) is 7.49. The van der Waals surface area contributed by atoms with E-state index in [1.54, 1.807) is 12.4 Å². The Labute approximate surface area is 150 Å². The number of hydrogen-bond donors (Lipinski definition) is 1. The zero-order valence-electron chi connectivity index (χ0n) is 14.6. The van der Waals surface area contributed by atoms with Crippen LogP contribution in [0.4, 0.5) is 11.5 Å². The number of fused-ring (bicyclic) bond motifs is 1. The quantitative estimate of drug-likeness (QED) is 0.768. The number of rotatable bonds is 4. The number of carbonyl (C=O) groups is 1. The molecule has 1 aromatic carbocycles. The summed E-state index contributed by atoms with van der Waals surface area (Å²) in [6.07, 6.45) is 5.39. The molecule has 8 nitrogen and oxygen atoms in total. The first-order chi connectivity index (χ1) is 12.6. The summed E-state index contributed by atoms with van der Waals surface area (Å²) in [5, 5.41) is 7.14. The maximum atomic E-state index is 12.6. The van der Waals surface area contributed by atoms with E-state index in [4.69, 9.17) is 0 Å². The third kappa shape index (κ3) is 3.05. The Kier molecular flexibility index (Phi) is 4.16. The van der Waals surface area contributed by atoms with Crippen LogP contribution in [0.15, 0.2) is 41.5 Å². The van der Waals surface area contributed by atoms with Gasteiger partial charge in [0.25, 0.3) is 0 Å². The van der Waals surface area contributed by atoms with Crippen molar-refractivity contribution in [2.75, 3.05) is 23.3 Å². The Morgan fingerprint density at radius 1 is 1.19 bits per heavy atom. The summed E-state index contributed by atoms with van der Waals surface area (Å²) in [5.74, 6) is 0.398. The lowest BCUT2D eigenvalue weighted by Crippen LogP contribution is -2.28. The molecule has 0 saturated carbocycles. The van der Waals surface area contributed by atoms with Gasteiger partial charge in [-0.15, -0.1) is 5.10 Å². The van der Waals surface area contributed by atoms with Crippen LogP contribution in [0.25, 0.3) is 5.65 Å². The van der Waals surface area contributed by atoms with Crippen LogP contribution >= 0.6 is 0 Å². The molecule has 8 heteroatoms. The first kappa shape index (κ1) is 16.3. The maximum Gasteiger partial charge on any atom is 0.350 e. The third-order valence-corrected chi connectivity index (χ3v) is 4.52. The predicted molar refractivity (Wildman–Crippen MR) is 98.5 cm³/mol. The van der Waals surface area contributed by atoms with Crippen molar-refractivity contribution >= 4 is 23.1 Å². The summed E-state index contributed by atoms with van der Waals surface area (Å²) < 4.78 is 2.62. The molecule has 1 aliphatic heterocycles. The molecule has 3 heterocycles. The van der Waals surface area contributed by atoms with Gasteiger partial charge in [-0.05, 0) is 31.9 Å². The Balaban J connectivity index is 1.59. The average molecular weight is 352 g/mol. The van der Waals surface area contributed by atoms with Gasteiger partial charge in [0.2, 0.25) is 11.6 Å². The lowest BCUT2D eigenvalue weighted by atomic mass is 10.2. The van der Waals surface area contributed by atoms with Gasteiger partial charge in [-0.25, -0.2) is 18.9 Å². The topological polar surface area (TPSA) is 84.5 Å². The molecule has 0 atom stereocenters. The highest BCUT2D eigenvalue weighted by molar-refractivity contribution is 5.90. The number of amides is 1. The Hall–Kier alpha value is -3.16. The number of nitrogens with zero attached hydrogens (tertiary/aromatic N) is 5. The van der Waals surface area contributed by atoms with E-state index in [-0.39, 0.29) is 18.1 Å². The van der Waals surface area contributed by atoms with Gasteiger partial charge in [0.15, 0.2) is 5.82 Å². The van der Waals surface area contributed by atoms with E-state index in [2.05, 4.69) is 20.3 Å². The molecule has 0 spiro atoms. The monoisotopic (exact) mass is 352 g/mol. The summed E-state index contributed by atoms with van der Waals surface area (Å²) >= 11 is 0. The summed E-state index contributed by atoms with van der Waals surface area (Å²) in [7, 11) is 0. The summed E-state index contributed by atoms with van der Waals surface area (Å²) in [5.41, 5.74) is 1.95. The Morgan fingerprint density at radius 2 is 1.92 bits per heavy atom. The number of aromatic nitrogens is 4. The molecular weight excluding hydrogens is 332 g/mol. The molecule has 0 bridgehead atoms. The SMILES string of the molecule is Cc1ccc(NC(=O)Cn2nc3c(N4CCCC4)nccn3c2=O)cc1. The van der Waals surface area contributed by atoms with Crippen LogP contribution in [0, 0.1) is 6.92 Å². The van der Waals surface area contributed by atoms with E-state index in [1.807, 2.05) is 31.2 Å². The van der Waals surface area contributed by atoms with Crippen LogP contribution in [-0.2, 0) is 11.3 Å². The van der Waals surface area contributed by atoms with Crippen molar-refractivity contribution in [3.8, 4) is 0 Å². The van der Waals surface area contributed by atoms with Crippen molar-refractivity contribution in [1.82, 2.24) is 19.2 Å². The minimum absolute atomic E-state index is 0.145. The van der Waals surface area contributed by atoms with E-state index in [1.165, 1.54) is 9.08 Å². The van der Waals surface area contributed by atoms with E-state index in [0.29, 0.717) is 17.2 Å². The first-order valence-corrected chi connectivity index (χ1v) is 8.67. The molecule has 1 aliphatic rings. The van der Waals surface area contributed by atoms with Gasteiger partial charge in [-0.2, -0.15) is 0 Å². The van der Waals surface area contributed by atoms with E-state index >= 15 is 0 Å². The smallest absolute Gasteiger partial charge is 0.350 e. The molecule has 2 aromatic heterocycles. The minimum atomic E-state index is -0.345. The molecule has 0 unspecified atom stereocenters. The number of anilines is 2. The highest BCUT2D eigenvalue weighted by atomic mass is 16.2. The first-order valence-electron chi connectivity index (χ1n) is 8.67. The normalized spacial score (nSPS) is 14.1. The van der Waals surface area contributed by atoms with E-state index in [0.717, 1.165) is 31.5 Å². The van der Waals surface area contributed by atoms with Crippen molar-refractivity contribution < 1.29 is 4.79 Å². The minimum Gasteiger partial charge on any atom is -0.353 e. The van der Waals surface area contributed by atoms with Crippen LogP contribution in [0.1, 0.15) is 18.4 Å². The predicted octanol–water partition coefficient (Wildman–Crippen LogP) is 1.44. The number of benzene rings is 1. The van der Waals surface area contributed by atoms with Crippen molar-refractivity contribution in [1.29, 1.82) is 0 Å². The zero-order chi connectivity index (χ0) is 18.1. The third-order valence-electron chi connectivity index (χ3n) is 4.52. The molecule has 0 radical (unpaired) electrons. The zero-order valence-corrected chi connectivity index (χ0v) is 14.6. The number of aryl methyl sites for hydroxylation is 1. The molecule has 1 amide bonds. The largest absolute Gasteiger partial charge is 0.353 e. The van der Waals surface area contributed by atoms with Crippen molar-refractivity contribution in [3.05, 3.63) is 52.7 Å². The van der Waals surface area contributed by atoms with Gasteiger partial charge in [0, 0.05) is 31.2 Å². The number of hydrogen-bond acceptors (Lipinski definition) is 5. The standard InChI is InChI=1S/C18H20N6O2/c1-13-4-6-14(7-5-13)20-15(25)12-24-18(26)23-11-8-19-16(17(23)21-24)22-9-2-3-10-22/h4-8,11H,2-3,9-10,12H2,1H3,(H,20,25). The fourth-order valence-electron chi connectivity index (χ4n) is 3.16. The lowest BCUT2D eigenvalue weighted by molar-refractivity contribution is -0.117. The van der Waals surface area contributed by atoms with Crippen LogP contribution in [-0.4, -0.2) is 38.2 Å². The van der Waals surface area contributed by atoms with Crippen LogP contribution in [0.2, 0.25) is 0 Å². The second kappa shape index (κ2) is 6.62. The lowest BCUT2D eigenvalue weighted by Gasteiger charge is -2.15. The fraction of sp³-hybridized carbons (Fsp3) is 0.333. The molecule has 1 saturated heterocycles. The molecule has 0 aliphatic carbocycles. The average Bonchev–Trinajstić information content (AvgIpc) is 3.26. The number of nitrogens with one attached hydrogen (secondary N) is 1. The van der Waals surface area contributed by atoms with Crippen LogP contribution in [0.3, 0.4) is 0 Å². The molecule has 4 rings (SSSR count). The summed E-state index contributed by atoms with van der Waals surface area (Å²) in [6.45, 7) is 3.64. The van der Waals surface area contributed by atoms with Gasteiger partial charge >= 0.3 is 5.69 Å². The molecule has 1 N–H and O–H groups in total. The van der Waals surface area contributed by atoms with Gasteiger partial charge in [-0.1, -0.05) is 17.7 Å². The van der Waals surface area contributed by atoms with Crippen LogP contribution < -0.4 is 15.9 Å². The van der Waals surface area contributed by atoms with Gasteiger partial charge < -0.3 is 10.2 Å². The number of carbonyl (C=O) groups excluding carboxylic acids is 1. The molecule has 134 valence electrons. The highest BCUT2D eigenvalue weighted by Gasteiger charge is 2.20. The Bertz CT molecular complexity index is 999. The maximum absolute atomic E-state index is 12.6. The summed E-state index contributed by atoms with van der Waals surface area (Å²) in [4.78, 5) is 31.4. The molecular formula is C18H20N6O2. The molecule has 26 heavy (non-hydrogen) atoms. The molecule has 1 fully saturated rings. The second-order valence-electron chi connectivity index (χ2n) is 6.49.